The van der Waals surface area contributed by atoms with Crippen molar-refractivity contribution in [3.8, 4) is 0 Å². The van der Waals surface area contributed by atoms with Crippen LogP contribution in [0.2, 0.25) is 0 Å². The van der Waals surface area contributed by atoms with Gasteiger partial charge in [0.2, 0.25) is 0 Å². The summed E-state index contributed by atoms with van der Waals surface area (Å²) in [5, 5.41) is 3.34. The molecule has 0 bridgehead atoms. The third-order valence-corrected chi connectivity index (χ3v) is 5.64. The molecule has 2 aromatic heterocycles. The van der Waals surface area contributed by atoms with E-state index in [1.165, 1.54) is 5.56 Å². The Hall–Kier alpha value is -2.19. The number of morpholine rings is 1. The van der Waals surface area contributed by atoms with Crippen LogP contribution < -0.4 is 5.32 Å². The number of hydrogen-bond acceptors (Lipinski definition) is 5. The van der Waals surface area contributed by atoms with E-state index in [1.807, 2.05) is 33.7 Å². The van der Waals surface area contributed by atoms with Gasteiger partial charge in [-0.2, -0.15) is 0 Å². The summed E-state index contributed by atoms with van der Waals surface area (Å²) >= 11 is 0. The molecule has 1 amide bonds. The molecule has 1 aromatic carbocycles. The second kappa shape index (κ2) is 9.31. The molecular formula is C21H25Cl2N5O2. The molecule has 1 N–H and O–H groups in total. The van der Waals surface area contributed by atoms with Crippen LogP contribution in [0.5, 0.6) is 0 Å². The first kappa shape index (κ1) is 22.5. The van der Waals surface area contributed by atoms with Gasteiger partial charge in [0.15, 0.2) is 5.65 Å². The maximum Gasteiger partial charge on any atom is 0.255 e. The van der Waals surface area contributed by atoms with E-state index >= 15 is 0 Å². The van der Waals surface area contributed by atoms with Crippen molar-refractivity contribution in [1.29, 1.82) is 0 Å². The number of fused-ring (bicyclic) bond motifs is 1. The summed E-state index contributed by atoms with van der Waals surface area (Å²) in [6, 6.07) is 12.1. The monoisotopic (exact) mass is 449 g/mol. The van der Waals surface area contributed by atoms with Crippen LogP contribution in [-0.4, -0.2) is 63.7 Å². The average molecular weight is 450 g/mol. The third-order valence-electron chi connectivity index (χ3n) is 5.64. The molecule has 30 heavy (non-hydrogen) atoms. The summed E-state index contributed by atoms with van der Waals surface area (Å²) in [7, 11) is 0. The van der Waals surface area contributed by atoms with Gasteiger partial charge >= 0.3 is 0 Å². The molecule has 7 nitrogen and oxygen atoms in total. The largest absolute Gasteiger partial charge is 0.370 e. The van der Waals surface area contributed by atoms with E-state index in [1.54, 1.807) is 12.5 Å². The third kappa shape index (κ3) is 4.30. The van der Waals surface area contributed by atoms with E-state index in [4.69, 9.17) is 4.74 Å². The highest BCUT2D eigenvalue weighted by Crippen LogP contribution is 2.26. The molecule has 1 atom stereocenters. The predicted octanol–water partition coefficient (Wildman–Crippen LogP) is 2.53. The molecule has 160 valence electrons. The number of carbonyl (C=O) groups excluding carboxylic acids is 1. The number of aromatic nitrogens is 3. The SMILES string of the molecule is Cl.Cl.O=C(c1cnc2c(c1)ncn2Cc1ccccc1)N1CCOC2(CCNC2)C1. The maximum absolute atomic E-state index is 13.1. The molecule has 9 heteroatoms. The van der Waals surface area contributed by atoms with Gasteiger partial charge in [-0.1, -0.05) is 30.3 Å². The summed E-state index contributed by atoms with van der Waals surface area (Å²) in [5.74, 6) is 0.00147. The molecule has 1 spiro atoms. The summed E-state index contributed by atoms with van der Waals surface area (Å²) in [5.41, 5.74) is 3.07. The summed E-state index contributed by atoms with van der Waals surface area (Å²) < 4.78 is 7.99. The van der Waals surface area contributed by atoms with E-state index in [0.29, 0.717) is 31.8 Å². The van der Waals surface area contributed by atoms with Crippen LogP contribution in [0.3, 0.4) is 0 Å². The van der Waals surface area contributed by atoms with Crippen molar-refractivity contribution < 1.29 is 9.53 Å². The van der Waals surface area contributed by atoms with Crippen molar-refractivity contribution in [2.75, 3.05) is 32.8 Å². The van der Waals surface area contributed by atoms with Gasteiger partial charge in [-0.3, -0.25) is 4.79 Å². The molecule has 2 saturated heterocycles. The van der Waals surface area contributed by atoms with Gasteiger partial charge < -0.3 is 19.5 Å². The van der Waals surface area contributed by atoms with Crippen LogP contribution in [0, 0.1) is 0 Å². The van der Waals surface area contributed by atoms with Crippen molar-refractivity contribution in [3.05, 3.63) is 60.0 Å². The minimum Gasteiger partial charge on any atom is -0.370 e. The minimum atomic E-state index is -0.233. The highest BCUT2D eigenvalue weighted by atomic mass is 35.5. The lowest BCUT2D eigenvalue weighted by molar-refractivity contribution is -0.0866. The zero-order valence-electron chi connectivity index (χ0n) is 16.5. The average Bonchev–Trinajstić information content (AvgIpc) is 3.35. The van der Waals surface area contributed by atoms with Crippen LogP contribution in [0.4, 0.5) is 0 Å². The number of halogens is 2. The molecule has 0 radical (unpaired) electrons. The quantitative estimate of drug-likeness (QED) is 0.664. The topological polar surface area (TPSA) is 72.3 Å². The molecule has 3 aromatic rings. The van der Waals surface area contributed by atoms with Crippen LogP contribution in [0.15, 0.2) is 48.9 Å². The normalized spacial score (nSPS) is 20.7. The molecule has 5 rings (SSSR count). The Labute approximate surface area is 187 Å². The second-order valence-electron chi connectivity index (χ2n) is 7.61. The molecular weight excluding hydrogens is 425 g/mol. The molecule has 1 unspecified atom stereocenters. The standard InChI is InChI=1S/C21H23N5O2.2ClH/c27-20(25-8-9-28-21(14-25)6-7-22-13-21)17-10-18-19(23-11-17)26(15-24-18)12-16-4-2-1-3-5-16;;/h1-5,10-11,15,22H,6-9,12-14H2;2*1H. The lowest BCUT2D eigenvalue weighted by Gasteiger charge is -2.40. The van der Waals surface area contributed by atoms with Gasteiger partial charge in [0, 0.05) is 19.3 Å². The van der Waals surface area contributed by atoms with Crippen molar-refractivity contribution >= 4 is 41.9 Å². The zero-order chi connectivity index (χ0) is 19.0. The van der Waals surface area contributed by atoms with Gasteiger partial charge in [0.25, 0.3) is 5.91 Å². The molecule has 2 aliphatic heterocycles. The van der Waals surface area contributed by atoms with Crippen molar-refractivity contribution in [3.63, 3.8) is 0 Å². The van der Waals surface area contributed by atoms with Crippen molar-refractivity contribution in [2.45, 2.75) is 18.6 Å². The second-order valence-corrected chi connectivity index (χ2v) is 7.61. The van der Waals surface area contributed by atoms with E-state index < -0.39 is 0 Å². The number of hydrogen-bond donors (Lipinski definition) is 1. The van der Waals surface area contributed by atoms with E-state index in [0.717, 1.165) is 30.7 Å². The number of nitrogens with zero attached hydrogens (tertiary/aromatic N) is 4. The fourth-order valence-corrected chi connectivity index (χ4v) is 4.14. The fourth-order valence-electron chi connectivity index (χ4n) is 4.14. The number of ether oxygens (including phenoxy) is 1. The number of pyridine rings is 1. The van der Waals surface area contributed by atoms with Crippen LogP contribution in [0.1, 0.15) is 22.3 Å². The Bertz CT molecular complexity index is 1010. The first-order chi connectivity index (χ1) is 13.7. The van der Waals surface area contributed by atoms with E-state index in [-0.39, 0.29) is 36.3 Å². The van der Waals surface area contributed by atoms with Crippen molar-refractivity contribution in [2.24, 2.45) is 0 Å². The lowest BCUT2D eigenvalue weighted by atomic mass is 10.00. The van der Waals surface area contributed by atoms with E-state index in [2.05, 4.69) is 27.4 Å². The fraction of sp³-hybridized carbons (Fsp3) is 0.381. The number of amides is 1. The first-order valence-electron chi connectivity index (χ1n) is 9.71. The van der Waals surface area contributed by atoms with Gasteiger partial charge in [0.1, 0.15) is 5.52 Å². The number of imidazole rings is 1. The molecule has 2 fully saturated rings. The maximum atomic E-state index is 13.1. The Balaban J connectivity index is 0.00000128. The minimum absolute atomic E-state index is 0. The lowest BCUT2D eigenvalue weighted by Crippen LogP contribution is -2.54. The zero-order valence-corrected chi connectivity index (χ0v) is 18.1. The molecule has 0 saturated carbocycles. The van der Waals surface area contributed by atoms with Crippen molar-refractivity contribution in [1.82, 2.24) is 24.8 Å². The summed E-state index contributed by atoms with van der Waals surface area (Å²) in [4.78, 5) is 24.0. The van der Waals surface area contributed by atoms with Crippen LogP contribution in [0.25, 0.3) is 11.2 Å². The number of nitrogens with one attached hydrogen (secondary N) is 1. The van der Waals surface area contributed by atoms with Gasteiger partial charge in [-0.25, -0.2) is 9.97 Å². The number of rotatable bonds is 3. The smallest absolute Gasteiger partial charge is 0.255 e. The molecule has 4 heterocycles. The van der Waals surface area contributed by atoms with Gasteiger partial charge in [0.05, 0.1) is 37.2 Å². The summed E-state index contributed by atoms with van der Waals surface area (Å²) in [6.07, 6.45) is 4.40. The van der Waals surface area contributed by atoms with Crippen LogP contribution in [-0.2, 0) is 11.3 Å². The van der Waals surface area contributed by atoms with Gasteiger partial charge in [-0.05, 0) is 24.6 Å². The Morgan fingerprint density at radius 1 is 1.20 bits per heavy atom. The highest BCUT2D eigenvalue weighted by molar-refractivity contribution is 5.96. The molecule has 2 aliphatic rings. The van der Waals surface area contributed by atoms with Gasteiger partial charge in [-0.15, -0.1) is 24.8 Å². The molecule has 0 aliphatic carbocycles. The summed E-state index contributed by atoms with van der Waals surface area (Å²) in [6.45, 7) is 4.26. The first-order valence-corrected chi connectivity index (χ1v) is 9.71. The Morgan fingerprint density at radius 2 is 2.03 bits per heavy atom. The van der Waals surface area contributed by atoms with Crippen LogP contribution >= 0.6 is 24.8 Å². The number of benzene rings is 1. The predicted molar refractivity (Wildman–Crippen MR) is 120 cm³/mol. The Kier molecular flexibility index (Phi) is 6.98. The Morgan fingerprint density at radius 3 is 2.80 bits per heavy atom. The number of carbonyl (C=O) groups is 1. The van der Waals surface area contributed by atoms with E-state index in [9.17, 15) is 4.79 Å². The highest BCUT2D eigenvalue weighted by Gasteiger charge is 2.40.